The second-order valence-corrected chi connectivity index (χ2v) is 7.06. The molecule has 0 amide bonds. The summed E-state index contributed by atoms with van der Waals surface area (Å²) in [6, 6.07) is 9.99. The molecule has 0 saturated heterocycles. The summed E-state index contributed by atoms with van der Waals surface area (Å²) in [5, 5.41) is 0. The van der Waals surface area contributed by atoms with Crippen molar-refractivity contribution in [1.29, 1.82) is 0 Å². The van der Waals surface area contributed by atoms with E-state index in [-0.39, 0.29) is 4.90 Å². The first-order chi connectivity index (χ1) is 11.0. The Labute approximate surface area is 135 Å². The Morgan fingerprint density at radius 3 is 2.52 bits per heavy atom. The molecule has 7 heteroatoms. The minimum absolute atomic E-state index is 0.145. The fourth-order valence-electron chi connectivity index (χ4n) is 2.80. The van der Waals surface area contributed by atoms with Gasteiger partial charge in [0.05, 0.1) is 30.5 Å². The second kappa shape index (κ2) is 5.66. The molecule has 0 fully saturated rings. The number of rotatable bonds is 4. The first-order valence-electron chi connectivity index (χ1n) is 7.11. The average Bonchev–Trinajstić information content (AvgIpc) is 3.00. The summed E-state index contributed by atoms with van der Waals surface area (Å²) in [5.41, 5.74) is 7.96. The first kappa shape index (κ1) is 15.5. The van der Waals surface area contributed by atoms with Crippen molar-refractivity contribution < 1.29 is 17.9 Å². The monoisotopic (exact) mass is 334 g/mol. The number of para-hydroxylation sites is 1. The van der Waals surface area contributed by atoms with Crippen LogP contribution in [0.1, 0.15) is 5.56 Å². The second-order valence-electron chi connectivity index (χ2n) is 5.20. The Bertz CT molecular complexity index is 849. The van der Waals surface area contributed by atoms with Gasteiger partial charge >= 0.3 is 0 Å². The molecule has 0 radical (unpaired) electrons. The number of nitrogen functional groups attached to an aromatic ring is 1. The summed E-state index contributed by atoms with van der Waals surface area (Å²) in [6.07, 6.45) is 0.646. The van der Waals surface area contributed by atoms with Gasteiger partial charge in [0.25, 0.3) is 10.0 Å². The molecule has 1 aliphatic heterocycles. The van der Waals surface area contributed by atoms with E-state index in [0.717, 1.165) is 5.56 Å². The lowest BCUT2D eigenvalue weighted by molar-refractivity contribution is 0.354. The number of fused-ring (bicyclic) bond motifs is 1. The normalized spacial score (nSPS) is 13.7. The van der Waals surface area contributed by atoms with E-state index >= 15 is 0 Å². The molecule has 0 saturated carbocycles. The number of nitrogens with two attached hydrogens (primary N) is 1. The zero-order valence-corrected chi connectivity index (χ0v) is 13.8. The molecule has 0 atom stereocenters. The molecule has 1 aliphatic rings. The van der Waals surface area contributed by atoms with Crippen LogP contribution in [-0.4, -0.2) is 29.2 Å². The van der Waals surface area contributed by atoms with Crippen molar-refractivity contribution in [3.63, 3.8) is 0 Å². The molecule has 0 bridgehead atoms. The first-order valence-corrected chi connectivity index (χ1v) is 8.55. The highest BCUT2D eigenvalue weighted by atomic mass is 32.2. The molecule has 23 heavy (non-hydrogen) atoms. The third-order valence-corrected chi connectivity index (χ3v) is 5.72. The van der Waals surface area contributed by atoms with Crippen molar-refractivity contribution in [3.05, 3.63) is 42.0 Å². The standard InChI is InChI=1S/C16H18N2O4S/c1-21-14-7-6-12(10-15(14)22-2)23(19,20)18-9-8-11-4-3-5-13(17)16(11)18/h3-7,10H,8-9,17H2,1-2H3. The zero-order valence-electron chi connectivity index (χ0n) is 12.9. The van der Waals surface area contributed by atoms with Gasteiger partial charge in [-0.3, -0.25) is 4.31 Å². The third-order valence-electron chi connectivity index (χ3n) is 3.93. The van der Waals surface area contributed by atoms with Crippen LogP contribution >= 0.6 is 0 Å². The Morgan fingerprint density at radius 1 is 1.09 bits per heavy atom. The van der Waals surface area contributed by atoms with Gasteiger partial charge in [-0.05, 0) is 30.2 Å². The highest BCUT2D eigenvalue weighted by molar-refractivity contribution is 7.92. The fourth-order valence-corrected chi connectivity index (χ4v) is 4.34. The maximum Gasteiger partial charge on any atom is 0.264 e. The van der Waals surface area contributed by atoms with Crippen molar-refractivity contribution in [2.24, 2.45) is 0 Å². The van der Waals surface area contributed by atoms with E-state index in [4.69, 9.17) is 15.2 Å². The van der Waals surface area contributed by atoms with Crippen molar-refractivity contribution >= 4 is 21.4 Å². The molecule has 1 heterocycles. The zero-order chi connectivity index (χ0) is 16.6. The van der Waals surface area contributed by atoms with Crippen LogP contribution in [0, 0.1) is 0 Å². The van der Waals surface area contributed by atoms with Crippen LogP contribution in [0.4, 0.5) is 11.4 Å². The molecule has 3 rings (SSSR count). The van der Waals surface area contributed by atoms with E-state index in [1.807, 2.05) is 12.1 Å². The number of anilines is 2. The molecule has 0 unspecified atom stereocenters. The minimum atomic E-state index is -3.71. The van der Waals surface area contributed by atoms with Crippen LogP contribution in [0.15, 0.2) is 41.3 Å². The van der Waals surface area contributed by atoms with Gasteiger partial charge in [-0.1, -0.05) is 12.1 Å². The van der Waals surface area contributed by atoms with E-state index < -0.39 is 10.0 Å². The van der Waals surface area contributed by atoms with Crippen LogP contribution < -0.4 is 19.5 Å². The predicted octanol–water partition coefficient (Wildman–Crippen LogP) is 2.04. The van der Waals surface area contributed by atoms with Crippen LogP contribution in [0.5, 0.6) is 11.5 Å². The van der Waals surface area contributed by atoms with Gasteiger partial charge in [-0.15, -0.1) is 0 Å². The van der Waals surface area contributed by atoms with Crippen LogP contribution in [-0.2, 0) is 16.4 Å². The molecular formula is C16H18N2O4S. The molecular weight excluding hydrogens is 316 g/mol. The fraction of sp³-hybridized carbons (Fsp3) is 0.250. The van der Waals surface area contributed by atoms with Crippen molar-refractivity contribution in [3.8, 4) is 11.5 Å². The quantitative estimate of drug-likeness (QED) is 0.865. The minimum Gasteiger partial charge on any atom is -0.493 e. The summed E-state index contributed by atoms with van der Waals surface area (Å²) in [6.45, 7) is 0.375. The van der Waals surface area contributed by atoms with Crippen LogP contribution in [0.25, 0.3) is 0 Å². The molecule has 0 aliphatic carbocycles. The SMILES string of the molecule is COc1ccc(S(=O)(=O)N2CCc3cccc(N)c32)cc1OC. The highest BCUT2D eigenvalue weighted by Crippen LogP contribution is 2.38. The smallest absolute Gasteiger partial charge is 0.264 e. The largest absolute Gasteiger partial charge is 0.493 e. The van der Waals surface area contributed by atoms with Gasteiger partial charge in [0.15, 0.2) is 11.5 Å². The van der Waals surface area contributed by atoms with E-state index in [2.05, 4.69) is 0 Å². The number of methoxy groups -OCH3 is 2. The van der Waals surface area contributed by atoms with Gasteiger partial charge in [-0.25, -0.2) is 8.42 Å². The highest BCUT2D eigenvalue weighted by Gasteiger charge is 2.32. The number of ether oxygens (including phenoxy) is 2. The molecule has 0 spiro atoms. The molecule has 2 aromatic rings. The average molecular weight is 334 g/mol. The maximum atomic E-state index is 13.0. The molecule has 2 aromatic carbocycles. The lowest BCUT2D eigenvalue weighted by Crippen LogP contribution is -2.29. The topological polar surface area (TPSA) is 81.9 Å². The third kappa shape index (κ3) is 2.46. The van der Waals surface area contributed by atoms with E-state index in [1.54, 1.807) is 12.1 Å². The van der Waals surface area contributed by atoms with E-state index in [0.29, 0.717) is 35.8 Å². The Kier molecular flexibility index (Phi) is 3.81. The van der Waals surface area contributed by atoms with Gasteiger partial charge < -0.3 is 15.2 Å². The molecule has 2 N–H and O–H groups in total. The Morgan fingerprint density at radius 2 is 1.83 bits per heavy atom. The van der Waals surface area contributed by atoms with Crippen LogP contribution in [0.2, 0.25) is 0 Å². The number of hydrogen-bond acceptors (Lipinski definition) is 5. The lowest BCUT2D eigenvalue weighted by atomic mass is 10.1. The molecule has 122 valence electrons. The van der Waals surface area contributed by atoms with Crippen molar-refractivity contribution in [2.75, 3.05) is 30.8 Å². The van der Waals surface area contributed by atoms with Gasteiger partial charge in [0.1, 0.15) is 0 Å². The number of nitrogens with zero attached hydrogens (tertiary/aromatic N) is 1. The lowest BCUT2D eigenvalue weighted by Gasteiger charge is -2.21. The summed E-state index contributed by atoms with van der Waals surface area (Å²) in [4.78, 5) is 0.145. The predicted molar refractivity (Wildman–Crippen MR) is 88.6 cm³/mol. The van der Waals surface area contributed by atoms with E-state index in [9.17, 15) is 8.42 Å². The Hall–Kier alpha value is -2.41. The van der Waals surface area contributed by atoms with Crippen molar-refractivity contribution in [2.45, 2.75) is 11.3 Å². The number of benzene rings is 2. The van der Waals surface area contributed by atoms with Gasteiger partial charge in [0, 0.05) is 12.6 Å². The summed E-state index contributed by atoms with van der Waals surface area (Å²) < 4.78 is 37.7. The van der Waals surface area contributed by atoms with Crippen molar-refractivity contribution in [1.82, 2.24) is 0 Å². The summed E-state index contributed by atoms with van der Waals surface area (Å²) in [5.74, 6) is 0.849. The number of hydrogen-bond donors (Lipinski definition) is 1. The summed E-state index contributed by atoms with van der Waals surface area (Å²) in [7, 11) is -0.741. The maximum absolute atomic E-state index is 13.0. The van der Waals surface area contributed by atoms with Gasteiger partial charge in [0.2, 0.25) is 0 Å². The Balaban J connectivity index is 2.08. The summed E-state index contributed by atoms with van der Waals surface area (Å²) >= 11 is 0. The van der Waals surface area contributed by atoms with Gasteiger partial charge in [-0.2, -0.15) is 0 Å². The van der Waals surface area contributed by atoms with E-state index in [1.165, 1.54) is 30.7 Å². The van der Waals surface area contributed by atoms with Crippen LogP contribution in [0.3, 0.4) is 0 Å². The molecule has 0 aromatic heterocycles. The number of sulfonamides is 1. The molecule has 6 nitrogen and oxygen atoms in total.